The first-order valence-corrected chi connectivity index (χ1v) is 10.7. The van der Waals surface area contributed by atoms with E-state index in [2.05, 4.69) is 34.4 Å². The number of aromatic amines is 1. The Kier molecular flexibility index (Phi) is 7.67. The summed E-state index contributed by atoms with van der Waals surface area (Å²) in [5, 5.41) is 12.5. The molecule has 154 valence electrons. The number of benzene rings is 2. The van der Waals surface area contributed by atoms with Crippen molar-refractivity contribution in [3.8, 4) is 11.3 Å². The maximum Gasteiger partial charge on any atom is 0.272 e. The summed E-state index contributed by atoms with van der Waals surface area (Å²) in [5.41, 5.74) is 2.38. The van der Waals surface area contributed by atoms with Gasteiger partial charge in [0.25, 0.3) is 5.56 Å². The van der Waals surface area contributed by atoms with Gasteiger partial charge in [-0.3, -0.25) is 4.79 Å². The topological polar surface area (TPSA) is 61.0 Å². The number of nitrogens with zero attached hydrogens (tertiary/aromatic N) is 2. The van der Waals surface area contributed by atoms with E-state index in [1.165, 1.54) is 19.3 Å². The first-order chi connectivity index (χ1) is 14.1. The van der Waals surface area contributed by atoms with E-state index in [1.54, 1.807) is 0 Å². The van der Waals surface area contributed by atoms with Crippen LogP contribution in [0.25, 0.3) is 22.0 Å². The number of nitrogens with one attached hydrogen (secondary N) is 2. The Morgan fingerprint density at radius 3 is 2.66 bits per heavy atom. The van der Waals surface area contributed by atoms with Crippen molar-refractivity contribution in [3.63, 3.8) is 0 Å². The van der Waals surface area contributed by atoms with Gasteiger partial charge in [0.15, 0.2) is 0 Å². The molecule has 0 radical (unpaired) electrons. The molecule has 6 heteroatoms. The summed E-state index contributed by atoms with van der Waals surface area (Å²) in [6.45, 7) is 5.40. The van der Waals surface area contributed by atoms with Crippen LogP contribution in [-0.4, -0.2) is 41.8 Å². The Morgan fingerprint density at radius 2 is 1.86 bits per heavy atom. The van der Waals surface area contributed by atoms with Crippen LogP contribution in [0.5, 0.6) is 0 Å². The summed E-state index contributed by atoms with van der Waals surface area (Å²) in [6, 6.07) is 13.3. The second-order valence-corrected chi connectivity index (χ2v) is 7.84. The molecule has 0 fully saturated rings. The molecule has 5 nitrogen and oxygen atoms in total. The average Bonchev–Trinajstić information content (AvgIpc) is 2.73. The minimum Gasteiger partial charge on any atom is -0.384 e. The van der Waals surface area contributed by atoms with Crippen molar-refractivity contribution in [2.45, 2.75) is 32.6 Å². The van der Waals surface area contributed by atoms with E-state index >= 15 is 0 Å². The van der Waals surface area contributed by atoms with Crippen molar-refractivity contribution in [3.05, 3.63) is 57.8 Å². The molecule has 0 amide bonds. The first kappa shape index (κ1) is 21.3. The molecule has 3 rings (SSSR count). The smallest absolute Gasteiger partial charge is 0.272 e. The quantitative estimate of drug-likeness (QED) is 0.451. The van der Waals surface area contributed by atoms with Gasteiger partial charge in [0.05, 0.1) is 21.8 Å². The zero-order chi connectivity index (χ0) is 20.6. The number of aromatic nitrogens is 2. The number of unbranched alkanes of at least 4 members (excludes halogenated alkanes) is 2. The van der Waals surface area contributed by atoms with Gasteiger partial charge < -0.3 is 10.2 Å². The Balaban J connectivity index is 1.65. The van der Waals surface area contributed by atoms with E-state index in [9.17, 15) is 4.79 Å². The number of anilines is 1. The Labute approximate surface area is 177 Å². The molecule has 2 N–H and O–H groups in total. The zero-order valence-corrected chi connectivity index (χ0v) is 17.9. The minimum absolute atomic E-state index is 0.179. The molecule has 1 aromatic heterocycles. The van der Waals surface area contributed by atoms with Crippen LogP contribution in [0.2, 0.25) is 5.02 Å². The molecule has 0 atom stereocenters. The van der Waals surface area contributed by atoms with Gasteiger partial charge in [0, 0.05) is 17.5 Å². The molecule has 3 aromatic rings. The van der Waals surface area contributed by atoms with Gasteiger partial charge in [-0.1, -0.05) is 49.2 Å². The lowest BCUT2D eigenvalue weighted by Crippen LogP contribution is -2.20. The largest absolute Gasteiger partial charge is 0.384 e. The first-order valence-electron chi connectivity index (χ1n) is 10.3. The highest BCUT2D eigenvalue weighted by Crippen LogP contribution is 2.30. The third-order valence-corrected chi connectivity index (χ3v) is 5.40. The molecular formula is C23H29ClN4O. The fraction of sp³-hybridized carbons (Fsp3) is 0.391. The fourth-order valence-electron chi connectivity index (χ4n) is 3.54. The predicted molar refractivity (Wildman–Crippen MR) is 123 cm³/mol. The second-order valence-electron chi connectivity index (χ2n) is 7.43. The van der Waals surface area contributed by atoms with Crippen LogP contribution in [0, 0.1) is 0 Å². The lowest BCUT2D eigenvalue weighted by Gasteiger charge is -2.15. The van der Waals surface area contributed by atoms with Gasteiger partial charge in [0.2, 0.25) is 0 Å². The van der Waals surface area contributed by atoms with E-state index in [4.69, 9.17) is 11.6 Å². The summed E-state index contributed by atoms with van der Waals surface area (Å²) in [4.78, 5) is 14.4. The molecule has 0 unspecified atom stereocenters. The molecule has 0 aliphatic carbocycles. The maximum atomic E-state index is 12.0. The summed E-state index contributed by atoms with van der Waals surface area (Å²) < 4.78 is 0. The van der Waals surface area contributed by atoms with Gasteiger partial charge in [-0.05, 0) is 57.6 Å². The Bertz CT molecular complexity index is 1000. The van der Waals surface area contributed by atoms with Gasteiger partial charge >= 0.3 is 0 Å². The van der Waals surface area contributed by atoms with Gasteiger partial charge in [-0.25, -0.2) is 5.10 Å². The molecule has 0 aliphatic heterocycles. The van der Waals surface area contributed by atoms with Crippen molar-refractivity contribution in [1.29, 1.82) is 0 Å². The van der Waals surface area contributed by atoms with Gasteiger partial charge in [0.1, 0.15) is 0 Å². The number of rotatable bonds is 10. The van der Waals surface area contributed by atoms with Crippen LogP contribution < -0.4 is 10.9 Å². The van der Waals surface area contributed by atoms with Crippen molar-refractivity contribution < 1.29 is 0 Å². The molecule has 0 saturated heterocycles. The van der Waals surface area contributed by atoms with Crippen LogP contribution in [0.1, 0.15) is 32.6 Å². The van der Waals surface area contributed by atoms with Crippen molar-refractivity contribution >= 4 is 28.1 Å². The minimum atomic E-state index is -0.179. The summed E-state index contributed by atoms with van der Waals surface area (Å²) >= 11 is 6.40. The Hall–Kier alpha value is -2.37. The van der Waals surface area contributed by atoms with Crippen molar-refractivity contribution in [2.24, 2.45) is 0 Å². The molecule has 0 bridgehead atoms. The van der Waals surface area contributed by atoms with E-state index in [0.717, 1.165) is 48.4 Å². The van der Waals surface area contributed by atoms with Crippen LogP contribution in [-0.2, 0) is 0 Å². The summed E-state index contributed by atoms with van der Waals surface area (Å²) in [7, 11) is 2.18. The monoisotopic (exact) mass is 412 g/mol. The fourth-order valence-corrected chi connectivity index (χ4v) is 3.73. The third kappa shape index (κ3) is 5.58. The lowest BCUT2D eigenvalue weighted by atomic mass is 10.0. The number of hydrogen-bond acceptors (Lipinski definition) is 4. The molecular weight excluding hydrogens is 384 g/mol. The highest BCUT2D eigenvalue weighted by atomic mass is 35.5. The van der Waals surface area contributed by atoms with Crippen LogP contribution in [0.3, 0.4) is 0 Å². The third-order valence-electron chi connectivity index (χ3n) is 5.07. The lowest BCUT2D eigenvalue weighted by molar-refractivity contribution is 0.326. The van der Waals surface area contributed by atoms with Gasteiger partial charge in [-0.2, -0.15) is 5.10 Å². The molecule has 29 heavy (non-hydrogen) atoms. The number of halogens is 1. The average molecular weight is 413 g/mol. The number of H-pyrrole nitrogens is 1. The molecule has 0 saturated carbocycles. The molecule has 1 heterocycles. The summed E-state index contributed by atoms with van der Waals surface area (Å²) in [6.07, 6.45) is 4.69. The van der Waals surface area contributed by atoms with Gasteiger partial charge in [-0.15, -0.1) is 0 Å². The molecule has 0 aliphatic rings. The van der Waals surface area contributed by atoms with Crippen molar-refractivity contribution in [1.82, 2.24) is 15.1 Å². The predicted octanol–water partition coefficient (Wildman–Crippen LogP) is 5.17. The highest BCUT2D eigenvalue weighted by Gasteiger charge is 2.10. The van der Waals surface area contributed by atoms with E-state index < -0.39 is 0 Å². The van der Waals surface area contributed by atoms with Crippen LogP contribution >= 0.6 is 11.6 Å². The number of hydrogen-bond donors (Lipinski definition) is 2. The maximum absolute atomic E-state index is 12.0. The summed E-state index contributed by atoms with van der Waals surface area (Å²) in [5.74, 6) is 0. The van der Waals surface area contributed by atoms with Crippen LogP contribution in [0.15, 0.2) is 47.3 Å². The second kappa shape index (κ2) is 10.4. The normalized spacial score (nSPS) is 11.3. The number of fused-ring (bicyclic) bond motifs is 1. The van der Waals surface area contributed by atoms with Crippen molar-refractivity contribution in [2.75, 3.05) is 32.0 Å². The van der Waals surface area contributed by atoms with E-state index in [1.807, 2.05) is 42.5 Å². The zero-order valence-electron chi connectivity index (χ0n) is 17.2. The highest BCUT2D eigenvalue weighted by molar-refractivity contribution is 6.33. The van der Waals surface area contributed by atoms with E-state index in [-0.39, 0.29) is 5.56 Å². The Morgan fingerprint density at radius 1 is 1.07 bits per heavy atom. The standard InChI is InChI=1S/C23H29ClN4O/c1-3-14-28(2)15-8-4-7-13-25-21-16-17(11-12-20(21)24)22-18-9-5-6-10-19(18)23(29)27-26-22/h5-6,9-12,16,25H,3-4,7-8,13-15H2,1-2H3,(H,27,29). The molecule has 2 aromatic carbocycles. The van der Waals surface area contributed by atoms with Crippen LogP contribution in [0.4, 0.5) is 5.69 Å². The molecule has 0 spiro atoms. The SMILES string of the molecule is CCCN(C)CCCCCNc1cc(-c2n[nH]c(=O)c3ccccc23)ccc1Cl. The van der Waals surface area contributed by atoms with E-state index in [0.29, 0.717) is 10.4 Å².